The topological polar surface area (TPSA) is 112 Å². The summed E-state index contributed by atoms with van der Waals surface area (Å²) in [5, 5.41) is 2.89. The Kier molecular flexibility index (Phi) is 4.45. The summed E-state index contributed by atoms with van der Waals surface area (Å²) >= 11 is 0. The molecule has 0 bridgehead atoms. The Balaban J connectivity index is 1.35. The molecule has 0 spiro atoms. The van der Waals surface area contributed by atoms with Crippen molar-refractivity contribution >= 4 is 34.1 Å². The number of hydrogen-bond donors (Lipinski definition) is 2. The number of nitrogen functional groups attached to an aromatic ring is 1. The summed E-state index contributed by atoms with van der Waals surface area (Å²) in [7, 11) is 0. The van der Waals surface area contributed by atoms with Crippen LogP contribution >= 0.6 is 0 Å². The summed E-state index contributed by atoms with van der Waals surface area (Å²) in [5.74, 6) is 0.886. The number of rotatable bonds is 6. The second-order valence-electron chi connectivity index (χ2n) is 6.22. The van der Waals surface area contributed by atoms with Crippen LogP contribution in [0.2, 0.25) is 0 Å². The predicted octanol–water partition coefficient (Wildman–Crippen LogP) is 2.54. The van der Waals surface area contributed by atoms with E-state index in [0.717, 1.165) is 17.5 Å². The molecule has 0 aliphatic rings. The normalized spacial score (nSPS) is 11.3. The van der Waals surface area contributed by atoms with E-state index >= 15 is 0 Å². The number of fused-ring (bicyclic) bond motifs is 2. The summed E-state index contributed by atoms with van der Waals surface area (Å²) in [6, 6.07) is 9.36. The van der Waals surface area contributed by atoms with Crippen molar-refractivity contribution in [3.05, 3.63) is 48.0 Å². The second-order valence-corrected chi connectivity index (χ2v) is 6.22. The van der Waals surface area contributed by atoms with Crippen LogP contribution in [-0.4, -0.2) is 32.0 Å². The van der Waals surface area contributed by atoms with Crippen LogP contribution in [0.4, 0.5) is 5.95 Å². The van der Waals surface area contributed by atoms with Gasteiger partial charge in [-0.25, -0.2) is 15.0 Å². The van der Waals surface area contributed by atoms with Gasteiger partial charge in [-0.15, -0.1) is 0 Å². The average molecular weight is 364 g/mol. The van der Waals surface area contributed by atoms with Crippen LogP contribution in [0.25, 0.3) is 22.3 Å². The van der Waals surface area contributed by atoms with Crippen LogP contribution < -0.4 is 11.1 Å². The zero-order valence-corrected chi connectivity index (χ0v) is 15.0. The molecule has 0 atom stereocenters. The van der Waals surface area contributed by atoms with Crippen LogP contribution in [0.5, 0.6) is 0 Å². The number of nitrogens with two attached hydrogens (primary N) is 1. The van der Waals surface area contributed by atoms with E-state index in [4.69, 9.17) is 10.2 Å². The maximum Gasteiger partial charge on any atom is 0.252 e. The number of amides is 1. The minimum absolute atomic E-state index is 0.188. The van der Waals surface area contributed by atoms with E-state index in [-0.39, 0.29) is 5.91 Å². The molecule has 27 heavy (non-hydrogen) atoms. The first-order valence-electron chi connectivity index (χ1n) is 8.90. The molecule has 0 saturated heterocycles. The van der Waals surface area contributed by atoms with Crippen molar-refractivity contribution < 1.29 is 9.21 Å². The van der Waals surface area contributed by atoms with Gasteiger partial charge in [0.25, 0.3) is 5.91 Å². The lowest BCUT2D eigenvalue weighted by atomic mass is 10.2. The van der Waals surface area contributed by atoms with Crippen LogP contribution in [0, 0.1) is 0 Å². The SMILES string of the molecule is CCn1c(N)nc2cc(C(=O)NCCCc3nc4ccccc4o3)cnc21. The monoisotopic (exact) mass is 364 g/mol. The first-order valence-corrected chi connectivity index (χ1v) is 8.90. The van der Waals surface area contributed by atoms with Crippen molar-refractivity contribution in [1.29, 1.82) is 0 Å². The van der Waals surface area contributed by atoms with Gasteiger partial charge in [-0.3, -0.25) is 9.36 Å². The third kappa shape index (κ3) is 3.33. The summed E-state index contributed by atoms with van der Waals surface area (Å²) in [5.41, 5.74) is 9.26. The van der Waals surface area contributed by atoms with Gasteiger partial charge in [0.1, 0.15) is 11.0 Å². The summed E-state index contributed by atoms with van der Waals surface area (Å²) in [6.45, 7) is 3.16. The van der Waals surface area contributed by atoms with E-state index in [1.54, 1.807) is 16.8 Å². The molecule has 3 aromatic heterocycles. The number of nitrogens with one attached hydrogen (secondary N) is 1. The standard InChI is InChI=1S/C19H20N6O2/c1-2-25-17-14(24-19(25)20)10-12(11-22-17)18(26)21-9-5-8-16-23-13-6-3-4-7-15(13)27-16/h3-4,6-7,10-11H,2,5,8-9H2,1H3,(H2,20,24)(H,21,26). The van der Waals surface area contributed by atoms with Crippen LogP contribution in [0.15, 0.2) is 40.9 Å². The number of anilines is 1. The van der Waals surface area contributed by atoms with Crippen LogP contribution in [-0.2, 0) is 13.0 Å². The van der Waals surface area contributed by atoms with Gasteiger partial charge in [-0.1, -0.05) is 12.1 Å². The van der Waals surface area contributed by atoms with Gasteiger partial charge >= 0.3 is 0 Å². The largest absolute Gasteiger partial charge is 0.441 e. The first kappa shape index (κ1) is 17.0. The number of nitrogens with zero attached hydrogens (tertiary/aromatic N) is 4. The Morgan fingerprint density at radius 3 is 2.93 bits per heavy atom. The smallest absolute Gasteiger partial charge is 0.252 e. The van der Waals surface area contributed by atoms with Gasteiger partial charge in [0, 0.05) is 25.7 Å². The fraction of sp³-hybridized carbons (Fsp3) is 0.263. The van der Waals surface area contributed by atoms with Crippen molar-refractivity contribution in [2.24, 2.45) is 0 Å². The maximum absolute atomic E-state index is 12.3. The molecule has 8 nitrogen and oxygen atoms in total. The minimum Gasteiger partial charge on any atom is -0.441 e. The molecule has 0 unspecified atom stereocenters. The molecule has 1 aromatic carbocycles. The highest BCUT2D eigenvalue weighted by molar-refractivity contribution is 5.96. The van der Waals surface area contributed by atoms with Gasteiger partial charge in [0.2, 0.25) is 5.95 Å². The van der Waals surface area contributed by atoms with Gasteiger partial charge in [-0.05, 0) is 31.5 Å². The van der Waals surface area contributed by atoms with Crippen molar-refractivity contribution in [3.8, 4) is 0 Å². The zero-order chi connectivity index (χ0) is 18.8. The van der Waals surface area contributed by atoms with Gasteiger partial charge < -0.3 is 15.5 Å². The molecule has 0 fully saturated rings. The Labute approximate surface area is 155 Å². The molecular formula is C19H20N6O2. The third-order valence-electron chi connectivity index (χ3n) is 4.38. The first-order chi connectivity index (χ1) is 13.2. The number of carbonyl (C=O) groups is 1. The fourth-order valence-electron chi connectivity index (χ4n) is 3.03. The van der Waals surface area contributed by atoms with Gasteiger partial charge in [0.05, 0.1) is 5.56 Å². The molecule has 0 aliphatic carbocycles. The number of carbonyl (C=O) groups excluding carboxylic acids is 1. The summed E-state index contributed by atoms with van der Waals surface area (Å²) in [6.07, 6.45) is 2.93. The highest BCUT2D eigenvalue weighted by Crippen LogP contribution is 2.17. The molecule has 4 aromatic rings. The molecule has 0 aliphatic heterocycles. The number of aryl methyl sites for hydroxylation is 2. The van der Waals surface area contributed by atoms with E-state index in [1.807, 2.05) is 31.2 Å². The summed E-state index contributed by atoms with van der Waals surface area (Å²) in [4.78, 5) is 25.4. The van der Waals surface area contributed by atoms with Crippen molar-refractivity contribution in [2.75, 3.05) is 12.3 Å². The van der Waals surface area contributed by atoms with E-state index < -0.39 is 0 Å². The van der Waals surface area contributed by atoms with Gasteiger partial charge in [0.15, 0.2) is 17.1 Å². The maximum atomic E-state index is 12.3. The molecule has 3 N–H and O–H groups in total. The second kappa shape index (κ2) is 7.06. The number of aromatic nitrogens is 4. The van der Waals surface area contributed by atoms with Crippen molar-refractivity contribution in [1.82, 2.24) is 24.8 Å². The van der Waals surface area contributed by atoms with E-state index in [2.05, 4.69) is 20.3 Å². The molecule has 0 saturated carbocycles. The molecular weight excluding hydrogens is 344 g/mol. The average Bonchev–Trinajstić information content (AvgIpc) is 3.23. The number of pyridine rings is 1. The lowest BCUT2D eigenvalue weighted by molar-refractivity contribution is 0.0952. The Hall–Kier alpha value is -3.42. The Morgan fingerprint density at radius 2 is 2.11 bits per heavy atom. The molecule has 3 heterocycles. The molecule has 138 valence electrons. The third-order valence-corrected chi connectivity index (χ3v) is 4.38. The van der Waals surface area contributed by atoms with Crippen molar-refractivity contribution in [2.45, 2.75) is 26.3 Å². The van der Waals surface area contributed by atoms with Gasteiger partial charge in [-0.2, -0.15) is 0 Å². The molecule has 4 rings (SSSR count). The number of benzene rings is 1. The number of para-hydroxylation sites is 2. The van der Waals surface area contributed by atoms with Crippen LogP contribution in [0.3, 0.4) is 0 Å². The van der Waals surface area contributed by atoms with Crippen molar-refractivity contribution in [3.63, 3.8) is 0 Å². The Bertz CT molecular complexity index is 1080. The fourth-order valence-corrected chi connectivity index (χ4v) is 3.03. The summed E-state index contributed by atoms with van der Waals surface area (Å²) < 4.78 is 7.48. The van der Waals surface area contributed by atoms with E-state index in [0.29, 0.717) is 48.1 Å². The highest BCUT2D eigenvalue weighted by Gasteiger charge is 2.12. The van der Waals surface area contributed by atoms with E-state index in [1.165, 1.54) is 0 Å². The lowest BCUT2D eigenvalue weighted by Gasteiger charge is -2.04. The molecule has 8 heteroatoms. The number of hydrogen-bond acceptors (Lipinski definition) is 6. The molecule has 1 amide bonds. The predicted molar refractivity (Wildman–Crippen MR) is 102 cm³/mol. The lowest BCUT2D eigenvalue weighted by Crippen LogP contribution is -2.25. The number of imidazole rings is 1. The molecule has 0 radical (unpaired) electrons. The zero-order valence-electron chi connectivity index (χ0n) is 15.0. The van der Waals surface area contributed by atoms with Crippen LogP contribution in [0.1, 0.15) is 29.6 Å². The number of oxazole rings is 1. The highest BCUT2D eigenvalue weighted by atomic mass is 16.3. The quantitative estimate of drug-likeness (QED) is 0.509. The van der Waals surface area contributed by atoms with E-state index in [9.17, 15) is 4.79 Å². The Morgan fingerprint density at radius 1 is 1.26 bits per heavy atom. The minimum atomic E-state index is -0.188.